The van der Waals surface area contributed by atoms with Gasteiger partial charge in [-0.25, -0.2) is 13.8 Å². The number of thiazole rings is 1. The molecule has 34 heavy (non-hydrogen) atoms. The molecular weight excluding hydrogens is 462 g/mol. The number of hydrogen-bond donors (Lipinski definition) is 0. The molecule has 1 unspecified atom stereocenters. The molecule has 0 radical (unpaired) electrons. The molecule has 0 N–H and O–H groups in total. The molecule has 2 saturated heterocycles. The number of benzene rings is 1. The lowest BCUT2D eigenvalue weighted by Crippen LogP contribution is -2.46. The Labute approximate surface area is 200 Å². The fourth-order valence-corrected chi connectivity index (χ4v) is 5.78. The molecular formula is C24H26F2N4O3S. The first kappa shape index (κ1) is 22.9. The summed E-state index contributed by atoms with van der Waals surface area (Å²) in [6, 6.07) is 3.74. The SMILES string of the molecule is O=C(CN1CCCCC1=O)N1CCC(c2nc(C3=NOC(c4c(F)cccc4F)C3)cs2)CC1. The normalized spacial score (nSPS) is 21.5. The van der Waals surface area contributed by atoms with Gasteiger partial charge in [-0.05, 0) is 37.8 Å². The second-order valence-corrected chi connectivity index (χ2v) is 9.86. The Morgan fingerprint density at radius 3 is 2.65 bits per heavy atom. The lowest BCUT2D eigenvalue weighted by Gasteiger charge is -2.34. The van der Waals surface area contributed by atoms with Crippen LogP contribution < -0.4 is 0 Å². The maximum absolute atomic E-state index is 14.1. The molecule has 1 aromatic carbocycles. The van der Waals surface area contributed by atoms with Crippen LogP contribution in [0.3, 0.4) is 0 Å². The average molecular weight is 489 g/mol. The summed E-state index contributed by atoms with van der Waals surface area (Å²) in [6.07, 6.45) is 3.46. The van der Waals surface area contributed by atoms with E-state index in [0.717, 1.165) is 30.7 Å². The number of oxime groups is 1. The Kier molecular flexibility index (Phi) is 6.58. The van der Waals surface area contributed by atoms with Crippen molar-refractivity contribution < 1.29 is 23.2 Å². The highest BCUT2D eigenvalue weighted by atomic mass is 32.1. The van der Waals surface area contributed by atoms with Gasteiger partial charge in [0, 0.05) is 43.8 Å². The Bertz CT molecular complexity index is 1090. The number of aromatic nitrogens is 1. The summed E-state index contributed by atoms with van der Waals surface area (Å²) < 4.78 is 28.2. The third kappa shape index (κ3) is 4.68. The highest BCUT2D eigenvalue weighted by Crippen LogP contribution is 2.35. The maximum Gasteiger partial charge on any atom is 0.242 e. The summed E-state index contributed by atoms with van der Waals surface area (Å²) in [7, 11) is 0. The van der Waals surface area contributed by atoms with Crippen molar-refractivity contribution in [2.75, 3.05) is 26.2 Å². The third-order valence-electron chi connectivity index (χ3n) is 6.75. The molecule has 1 atom stereocenters. The second kappa shape index (κ2) is 9.77. The highest BCUT2D eigenvalue weighted by molar-refractivity contribution is 7.10. The van der Waals surface area contributed by atoms with Gasteiger partial charge in [-0.2, -0.15) is 0 Å². The van der Waals surface area contributed by atoms with Gasteiger partial charge in [0.25, 0.3) is 0 Å². The lowest BCUT2D eigenvalue weighted by molar-refractivity contribution is -0.142. The molecule has 180 valence electrons. The van der Waals surface area contributed by atoms with Crippen LogP contribution >= 0.6 is 11.3 Å². The summed E-state index contributed by atoms with van der Waals surface area (Å²) in [5.74, 6) is -0.971. The molecule has 4 heterocycles. The number of halogens is 2. The van der Waals surface area contributed by atoms with Crippen LogP contribution in [-0.4, -0.2) is 58.5 Å². The molecule has 0 bridgehead atoms. The molecule has 2 fully saturated rings. The highest BCUT2D eigenvalue weighted by Gasteiger charge is 2.32. The zero-order valence-electron chi connectivity index (χ0n) is 18.7. The molecule has 2 aromatic rings. The summed E-state index contributed by atoms with van der Waals surface area (Å²) in [5, 5.41) is 6.91. The van der Waals surface area contributed by atoms with E-state index in [-0.39, 0.29) is 36.3 Å². The van der Waals surface area contributed by atoms with Crippen LogP contribution in [0.4, 0.5) is 8.78 Å². The largest absolute Gasteiger partial charge is 0.387 e. The van der Waals surface area contributed by atoms with Crippen LogP contribution in [0, 0.1) is 11.6 Å². The van der Waals surface area contributed by atoms with Gasteiger partial charge >= 0.3 is 0 Å². The number of carbonyl (C=O) groups excluding carboxylic acids is 2. The number of piperidine rings is 2. The van der Waals surface area contributed by atoms with Gasteiger partial charge in [0.2, 0.25) is 11.8 Å². The lowest BCUT2D eigenvalue weighted by atomic mass is 9.97. The molecule has 2 amide bonds. The predicted octanol–water partition coefficient (Wildman–Crippen LogP) is 4.01. The van der Waals surface area contributed by atoms with Crippen molar-refractivity contribution in [1.82, 2.24) is 14.8 Å². The van der Waals surface area contributed by atoms with Gasteiger partial charge in [-0.3, -0.25) is 9.59 Å². The molecule has 10 heteroatoms. The van der Waals surface area contributed by atoms with Gasteiger partial charge in [0.15, 0.2) is 6.10 Å². The zero-order chi connectivity index (χ0) is 23.7. The van der Waals surface area contributed by atoms with E-state index in [4.69, 9.17) is 9.82 Å². The Hall–Kier alpha value is -2.88. The molecule has 3 aliphatic rings. The maximum atomic E-state index is 14.1. The molecule has 5 rings (SSSR count). The first-order valence-electron chi connectivity index (χ1n) is 11.7. The van der Waals surface area contributed by atoms with E-state index in [0.29, 0.717) is 37.5 Å². The van der Waals surface area contributed by atoms with Crippen LogP contribution in [-0.2, 0) is 14.4 Å². The van der Waals surface area contributed by atoms with E-state index in [1.165, 1.54) is 29.5 Å². The van der Waals surface area contributed by atoms with Crippen molar-refractivity contribution in [3.63, 3.8) is 0 Å². The summed E-state index contributed by atoms with van der Waals surface area (Å²) in [5.41, 5.74) is 1.13. The number of nitrogens with zero attached hydrogens (tertiary/aromatic N) is 4. The average Bonchev–Trinajstić information content (AvgIpc) is 3.51. The predicted molar refractivity (Wildman–Crippen MR) is 122 cm³/mol. The van der Waals surface area contributed by atoms with Crippen LogP contribution in [0.25, 0.3) is 0 Å². The summed E-state index contributed by atoms with van der Waals surface area (Å²) >= 11 is 1.53. The van der Waals surface area contributed by atoms with Crippen molar-refractivity contribution in [2.24, 2.45) is 5.16 Å². The molecule has 0 spiro atoms. The van der Waals surface area contributed by atoms with Gasteiger partial charge in [0.1, 0.15) is 17.3 Å². The van der Waals surface area contributed by atoms with Crippen LogP contribution in [0.5, 0.6) is 0 Å². The summed E-state index contributed by atoms with van der Waals surface area (Å²) in [6.45, 7) is 2.12. The first-order chi connectivity index (χ1) is 16.5. The minimum Gasteiger partial charge on any atom is -0.387 e. The van der Waals surface area contributed by atoms with Crippen molar-refractivity contribution in [3.8, 4) is 0 Å². The van der Waals surface area contributed by atoms with E-state index < -0.39 is 17.7 Å². The fraction of sp³-hybridized carbons (Fsp3) is 0.500. The number of rotatable bonds is 5. The standard InChI is InChI=1S/C24H26F2N4O3S/c25-16-4-3-5-17(26)23(16)20-12-18(28-33-20)19-14-34-24(27-19)15-7-10-29(11-8-15)22(32)13-30-9-2-1-6-21(30)31/h3-5,14-15,20H,1-2,6-13H2. The van der Waals surface area contributed by atoms with Crippen molar-refractivity contribution in [3.05, 3.63) is 51.5 Å². The number of amides is 2. The monoisotopic (exact) mass is 488 g/mol. The Morgan fingerprint density at radius 1 is 1.15 bits per heavy atom. The van der Waals surface area contributed by atoms with E-state index in [9.17, 15) is 18.4 Å². The van der Waals surface area contributed by atoms with Crippen molar-refractivity contribution in [2.45, 2.75) is 50.5 Å². The first-order valence-corrected chi connectivity index (χ1v) is 12.6. The van der Waals surface area contributed by atoms with E-state index >= 15 is 0 Å². The molecule has 7 nitrogen and oxygen atoms in total. The van der Waals surface area contributed by atoms with Crippen LogP contribution in [0.2, 0.25) is 0 Å². The fourth-order valence-electron chi connectivity index (χ4n) is 4.78. The molecule has 0 saturated carbocycles. The molecule has 0 aliphatic carbocycles. The minimum absolute atomic E-state index is 0.0115. The number of carbonyl (C=O) groups is 2. The van der Waals surface area contributed by atoms with Gasteiger partial charge in [-0.1, -0.05) is 11.2 Å². The molecule has 3 aliphatic heterocycles. The number of likely N-dealkylation sites (tertiary alicyclic amines) is 2. The Morgan fingerprint density at radius 2 is 1.91 bits per heavy atom. The van der Waals surface area contributed by atoms with E-state index in [1.807, 2.05) is 10.3 Å². The van der Waals surface area contributed by atoms with Gasteiger partial charge < -0.3 is 14.6 Å². The second-order valence-electron chi connectivity index (χ2n) is 8.97. The summed E-state index contributed by atoms with van der Waals surface area (Å²) in [4.78, 5) is 38.2. The van der Waals surface area contributed by atoms with Crippen LogP contribution in [0.15, 0.2) is 28.7 Å². The van der Waals surface area contributed by atoms with Gasteiger partial charge in [-0.15, -0.1) is 11.3 Å². The molecule has 1 aromatic heterocycles. The number of hydrogen-bond acceptors (Lipinski definition) is 6. The van der Waals surface area contributed by atoms with E-state index in [2.05, 4.69) is 5.16 Å². The topological polar surface area (TPSA) is 75.1 Å². The minimum atomic E-state index is -0.803. The zero-order valence-corrected chi connectivity index (χ0v) is 19.5. The Balaban J connectivity index is 1.15. The van der Waals surface area contributed by atoms with Gasteiger partial charge in [0.05, 0.1) is 22.8 Å². The third-order valence-corrected chi connectivity index (χ3v) is 7.76. The van der Waals surface area contributed by atoms with Crippen LogP contribution in [0.1, 0.15) is 66.8 Å². The van der Waals surface area contributed by atoms with E-state index in [1.54, 1.807) is 4.90 Å². The quantitative estimate of drug-likeness (QED) is 0.638. The smallest absolute Gasteiger partial charge is 0.242 e. The van der Waals surface area contributed by atoms with Crippen molar-refractivity contribution in [1.29, 1.82) is 0 Å². The van der Waals surface area contributed by atoms with Crippen molar-refractivity contribution >= 4 is 28.9 Å².